The summed E-state index contributed by atoms with van der Waals surface area (Å²) in [7, 11) is 0. The zero-order valence-electron chi connectivity index (χ0n) is 25.4. The number of pyridine rings is 2. The van der Waals surface area contributed by atoms with Crippen molar-refractivity contribution in [1.29, 1.82) is 0 Å². The first-order valence-corrected chi connectivity index (χ1v) is 14.8. The van der Waals surface area contributed by atoms with Gasteiger partial charge in [-0.3, -0.25) is 14.8 Å². The van der Waals surface area contributed by atoms with E-state index in [0.29, 0.717) is 47.8 Å². The number of aromatic nitrogens is 2. The molecule has 1 aromatic carbocycles. The van der Waals surface area contributed by atoms with Crippen LogP contribution in [0.2, 0.25) is 0 Å². The van der Waals surface area contributed by atoms with Gasteiger partial charge in [0.05, 0.1) is 23.6 Å². The molecule has 0 unspecified atom stereocenters. The molecule has 0 aliphatic carbocycles. The third-order valence-corrected chi connectivity index (χ3v) is 8.38. The molecule has 220 valence electrons. The predicted octanol–water partition coefficient (Wildman–Crippen LogP) is 5.49. The molecule has 8 heteroatoms. The molecule has 3 aromatic rings. The Morgan fingerprint density at radius 1 is 1.12 bits per heavy atom. The van der Waals surface area contributed by atoms with Crippen LogP contribution in [0.1, 0.15) is 71.5 Å². The summed E-state index contributed by atoms with van der Waals surface area (Å²) in [4.78, 5) is 26.7. The summed E-state index contributed by atoms with van der Waals surface area (Å²) >= 11 is 0. The average molecular weight is 560 g/mol. The molecule has 0 spiro atoms. The van der Waals surface area contributed by atoms with Gasteiger partial charge in [0.2, 0.25) is 0 Å². The summed E-state index contributed by atoms with van der Waals surface area (Å²) in [5.74, 6) is 0.811. The molecule has 1 aliphatic rings. The molecule has 1 aliphatic heterocycles. The number of piperidine rings is 1. The molecule has 0 bridgehead atoms. The summed E-state index contributed by atoms with van der Waals surface area (Å²) in [6.45, 7) is 15.8. The molecule has 3 heterocycles. The fraction of sp³-hybridized carbons (Fsp3) is 0.485. The van der Waals surface area contributed by atoms with Crippen molar-refractivity contribution in [3.05, 3.63) is 76.4 Å². The van der Waals surface area contributed by atoms with Gasteiger partial charge in [-0.05, 0) is 102 Å². The average Bonchev–Trinajstić information content (AvgIpc) is 2.96. The van der Waals surface area contributed by atoms with Crippen molar-refractivity contribution in [2.24, 2.45) is 0 Å². The number of amides is 1. The highest BCUT2D eigenvalue weighted by Crippen LogP contribution is 2.29. The molecule has 0 radical (unpaired) electrons. The molecule has 2 N–H and O–H groups in total. The van der Waals surface area contributed by atoms with Gasteiger partial charge in [-0.2, -0.15) is 0 Å². The van der Waals surface area contributed by atoms with Crippen LogP contribution >= 0.6 is 0 Å². The zero-order valence-corrected chi connectivity index (χ0v) is 25.4. The lowest BCUT2D eigenvalue weighted by molar-refractivity contribution is 0.0943. The first-order valence-electron chi connectivity index (χ1n) is 14.8. The Bertz CT molecular complexity index is 1320. The smallest absolute Gasteiger partial charge is 0.253 e. The summed E-state index contributed by atoms with van der Waals surface area (Å²) in [5.41, 5.74) is 5.95. The van der Waals surface area contributed by atoms with E-state index in [9.17, 15) is 9.90 Å². The molecule has 1 fully saturated rings. The monoisotopic (exact) mass is 559 g/mol. The van der Waals surface area contributed by atoms with E-state index in [0.717, 1.165) is 44.6 Å². The van der Waals surface area contributed by atoms with E-state index < -0.39 is 0 Å². The molecular formula is C33H45N5O3. The highest BCUT2D eigenvalue weighted by atomic mass is 16.5. The number of carbonyl (C=O) groups is 1. The van der Waals surface area contributed by atoms with Gasteiger partial charge in [0.1, 0.15) is 11.5 Å². The maximum absolute atomic E-state index is 12.9. The van der Waals surface area contributed by atoms with Crippen LogP contribution in [0.15, 0.2) is 42.7 Å². The number of benzene rings is 1. The number of carbonyl (C=O) groups excluding carboxylic acids is 1. The van der Waals surface area contributed by atoms with E-state index in [-0.39, 0.29) is 11.7 Å². The molecule has 8 nitrogen and oxygen atoms in total. The molecule has 1 saturated heterocycles. The molecule has 41 heavy (non-hydrogen) atoms. The molecule has 0 saturated carbocycles. The van der Waals surface area contributed by atoms with Gasteiger partial charge in [0.25, 0.3) is 5.91 Å². The molecule has 1 atom stereocenters. The highest BCUT2D eigenvalue weighted by Gasteiger charge is 2.28. The predicted molar refractivity (Wildman–Crippen MR) is 164 cm³/mol. The summed E-state index contributed by atoms with van der Waals surface area (Å²) < 4.78 is 5.68. The number of nitrogens with zero attached hydrogens (tertiary/aromatic N) is 4. The van der Waals surface area contributed by atoms with Crippen molar-refractivity contribution >= 4 is 11.6 Å². The van der Waals surface area contributed by atoms with Crippen LogP contribution in [0.25, 0.3) is 0 Å². The van der Waals surface area contributed by atoms with Crippen molar-refractivity contribution in [2.75, 3.05) is 31.1 Å². The van der Waals surface area contributed by atoms with Crippen molar-refractivity contribution < 1.29 is 14.6 Å². The second kappa shape index (κ2) is 13.8. The first kappa shape index (κ1) is 30.3. The van der Waals surface area contributed by atoms with Crippen LogP contribution < -0.4 is 15.0 Å². The lowest BCUT2D eigenvalue weighted by atomic mass is 9.99. The third-order valence-electron chi connectivity index (χ3n) is 8.38. The van der Waals surface area contributed by atoms with Crippen LogP contribution in [0, 0.1) is 27.7 Å². The normalized spacial score (nSPS) is 15.0. The van der Waals surface area contributed by atoms with E-state index >= 15 is 0 Å². The Morgan fingerprint density at radius 3 is 2.49 bits per heavy atom. The Morgan fingerprint density at radius 2 is 1.83 bits per heavy atom. The maximum atomic E-state index is 12.9. The number of rotatable bonds is 11. The van der Waals surface area contributed by atoms with Gasteiger partial charge in [-0.25, -0.2) is 0 Å². The Hall–Kier alpha value is -3.65. The van der Waals surface area contributed by atoms with Crippen molar-refractivity contribution in [3.63, 3.8) is 0 Å². The van der Waals surface area contributed by atoms with Gasteiger partial charge in [0.15, 0.2) is 0 Å². The Labute approximate surface area is 244 Å². The topological polar surface area (TPSA) is 90.8 Å². The van der Waals surface area contributed by atoms with E-state index in [1.165, 1.54) is 16.8 Å². The second-order valence-electron chi connectivity index (χ2n) is 11.1. The summed E-state index contributed by atoms with van der Waals surface area (Å²) in [5, 5.41) is 13.3. The number of hydrogen-bond acceptors (Lipinski definition) is 7. The van der Waals surface area contributed by atoms with Crippen LogP contribution in [0.3, 0.4) is 0 Å². The molecule has 4 rings (SSSR count). The van der Waals surface area contributed by atoms with Gasteiger partial charge in [0, 0.05) is 61.9 Å². The lowest BCUT2D eigenvalue weighted by Crippen LogP contribution is -2.48. The van der Waals surface area contributed by atoms with Crippen LogP contribution in [-0.2, 0) is 6.54 Å². The number of nitrogens with one attached hydrogen (secondary N) is 1. The minimum Gasteiger partial charge on any atom is -0.506 e. The van der Waals surface area contributed by atoms with Gasteiger partial charge < -0.3 is 25.0 Å². The number of likely N-dealkylation sites (tertiary alicyclic amines) is 1. The number of aromatic hydroxyl groups is 1. The maximum Gasteiger partial charge on any atom is 0.253 e. The van der Waals surface area contributed by atoms with Crippen LogP contribution in [-0.4, -0.2) is 64.2 Å². The Balaban J connectivity index is 1.35. The molecule has 2 aromatic heterocycles. The highest BCUT2D eigenvalue weighted by molar-refractivity contribution is 5.97. The van der Waals surface area contributed by atoms with Crippen LogP contribution in [0.5, 0.6) is 11.5 Å². The van der Waals surface area contributed by atoms with Gasteiger partial charge in [-0.1, -0.05) is 0 Å². The van der Waals surface area contributed by atoms with Crippen molar-refractivity contribution in [2.45, 2.75) is 79.4 Å². The fourth-order valence-corrected chi connectivity index (χ4v) is 5.84. The van der Waals surface area contributed by atoms with Crippen molar-refractivity contribution in [3.8, 4) is 11.5 Å². The Kier molecular flexibility index (Phi) is 10.2. The summed E-state index contributed by atoms with van der Waals surface area (Å²) in [6, 6.07) is 11.3. The third kappa shape index (κ3) is 7.36. The fourth-order valence-electron chi connectivity index (χ4n) is 5.84. The number of aryl methyl sites for hydroxylation is 3. The minimum absolute atomic E-state index is 0.0926. The van der Waals surface area contributed by atoms with Gasteiger partial charge >= 0.3 is 0 Å². The summed E-state index contributed by atoms with van der Waals surface area (Å²) in [6.07, 6.45) is 6.83. The number of ether oxygens (including phenoxy) is 1. The molecule has 1 amide bonds. The van der Waals surface area contributed by atoms with Gasteiger partial charge in [-0.15, -0.1) is 0 Å². The largest absolute Gasteiger partial charge is 0.506 e. The zero-order chi connectivity index (χ0) is 29.5. The number of anilines is 1. The first-order chi connectivity index (χ1) is 19.7. The standard InChI is InChI=1S/C33H45N5O3/c1-7-41-30-10-8-28(9-11-30)38(21-27-20-34-16-12-22(27)2)29-14-18-37(19-15-29)23(3)13-17-35-33(40)31-24(4)32(39)26(6)36-25(31)5/h8-12,16,20,23,29,39H,7,13-15,17-19,21H2,1-6H3,(H,35,40)/t23-/m1/s1. The van der Waals surface area contributed by atoms with Crippen LogP contribution in [0.4, 0.5) is 5.69 Å². The minimum atomic E-state index is -0.176. The van der Waals surface area contributed by atoms with E-state index in [2.05, 4.69) is 69.3 Å². The van der Waals surface area contributed by atoms with E-state index in [4.69, 9.17) is 4.74 Å². The van der Waals surface area contributed by atoms with E-state index in [1.807, 2.05) is 26.2 Å². The van der Waals surface area contributed by atoms with E-state index in [1.54, 1.807) is 13.8 Å². The quantitative estimate of drug-likeness (QED) is 0.321. The van der Waals surface area contributed by atoms with Crippen molar-refractivity contribution in [1.82, 2.24) is 20.2 Å². The molecular weight excluding hydrogens is 514 g/mol. The lowest BCUT2D eigenvalue weighted by Gasteiger charge is -2.42. The SMILES string of the molecule is CCOc1ccc(N(Cc2cnccc2C)C2CCN([C@H](C)CCNC(=O)c3c(C)nc(C)c(O)c3C)CC2)cc1. The second-order valence-corrected chi connectivity index (χ2v) is 11.1. The number of hydrogen-bond donors (Lipinski definition) is 2.